The van der Waals surface area contributed by atoms with Crippen molar-refractivity contribution in [3.63, 3.8) is 0 Å². The van der Waals surface area contributed by atoms with Crippen molar-refractivity contribution in [1.82, 2.24) is 0 Å². The Bertz CT molecular complexity index is 1360. The molecule has 0 bridgehead atoms. The van der Waals surface area contributed by atoms with Crippen LogP contribution in [0.1, 0.15) is 0 Å². The average Bonchev–Trinajstić information content (AvgIpc) is 3.14. The highest BCUT2D eigenvalue weighted by Gasteiger charge is 2.23. The fourth-order valence-corrected chi connectivity index (χ4v) is 4.04. The molecule has 0 amide bonds. The molecule has 0 saturated heterocycles. The van der Waals surface area contributed by atoms with Crippen LogP contribution in [-0.4, -0.2) is 14.7 Å². The normalized spacial score (nSPS) is 12.6. The van der Waals surface area contributed by atoms with Crippen LogP contribution in [0, 0.1) is 10.4 Å². The molecule has 0 spiro atoms. The molecular formula is C18H11Br2N2O4P. The van der Waals surface area contributed by atoms with Gasteiger partial charge in [0.1, 0.15) is 0 Å². The van der Waals surface area contributed by atoms with Crippen LogP contribution in [0.5, 0.6) is 0 Å². The van der Waals surface area contributed by atoms with E-state index in [9.17, 15) is 0 Å². The number of para-hydroxylation sites is 1. The molecule has 2 aliphatic rings. The van der Waals surface area contributed by atoms with Crippen LogP contribution in [0.3, 0.4) is 0 Å². The van der Waals surface area contributed by atoms with Gasteiger partial charge >= 0.3 is 7.82 Å². The van der Waals surface area contributed by atoms with Crippen molar-refractivity contribution in [3.05, 3.63) is 78.6 Å². The summed E-state index contributed by atoms with van der Waals surface area (Å²) in [6.07, 6.45) is 0. The lowest BCUT2D eigenvalue weighted by Gasteiger charge is -2.07. The fourth-order valence-electron chi connectivity index (χ4n) is 3.17. The molecule has 0 fully saturated rings. The summed E-state index contributed by atoms with van der Waals surface area (Å²) in [5, 5.41) is 4.40. The highest BCUT2D eigenvalue weighted by atomic mass is 79.9. The third kappa shape index (κ3) is 3.45. The molecule has 3 N–H and O–H groups in total. The third-order valence-electron chi connectivity index (χ3n) is 4.15. The predicted molar refractivity (Wildman–Crippen MR) is 107 cm³/mol. The second-order valence-electron chi connectivity index (χ2n) is 5.87. The van der Waals surface area contributed by atoms with Crippen molar-refractivity contribution < 1.29 is 19.2 Å². The molecule has 0 saturated carbocycles. The van der Waals surface area contributed by atoms with Gasteiger partial charge < -0.3 is 14.7 Å². The summed E-state index contributed by atoms with van der Waals surface area (Å²) in [6, 6.07) is 16.5. The van der Waals surface area contributed by atoms with Gasteiger partial charge in [-0.1, -0.05) is 18.2 Å². The summed E-state index contributed by atoms with van der Waals surface area (Å²) in [6.45, 7) is 0. The van der Waals surface area contributed by atoms with Crippen LogP contribution in [0.2, 0.25) is 0 Å². The van der Waals surface area contributed by atoms with E-state index in [1.807, 2.05) is 18.2 Å². The molecule has 5 rings (SSSR count). The monoisotopic (exact) mass is 508 g/mol. The number of rotatable bonds is 0. The second kappa shape index (κ2) is 6.74. The quantitative estimate of drug-likeness (QED) is 0.276. The van der Waals surface area contributed by atoms with E-state index in [2.05, 4.69) is 62.2 Å². The first-order valence-electron chi connectivity index (χ1n) is 7.70. The predicted octanol–water partition coefficient (Wildman–Crippen LogP) is 3.77. The topological polar surface area (TPSA) is 102 Å². The molecule has 3 aromatic carbocycles. The molecule has 0 aliphatic carbocycles. The average molecular weight is 510 g/mol. The van der Waals surface area contributed by atoms with Crippen molar-refractivity contribution >= 4 is 51.1 Å². The molecule has 136 valence electrons. The maximum absolute atomic E-state index is 8.88. The lowest BCUT2D eigenvalue weighted by molar-refractivity contribution is 0.275. The number of hydrogen-bond donors (Lipinski definition) is 3. The number of benzene rings is 3. The van der Waals surface area contributed by atoms with Crippen LogP contribution in [0.15, 0.2) is 67.5 Å². The van der Waals surface area contributed by atoms with Gasteiger partial charge in [-0.2, -0.15) is 0 Å². The smallest absolute Gasteiger partial charge is 0.303 e. The highest BCUT2D eigenvalue weighted by molar-refractivity contribution is 9.13. The van der Waals surface area contributed by atoms with Crippen LogP contribution in [0.4, 0.5) is 11.4 Å². The highest BCUT2D eigenvalue weighted by Crippen LogP contribution is 2.46. The molecule has 3 aromatic rings. The van der Waals surface area contributed by atoms with Gasteiger partial charge in [0.2, 0.25) is 0 Å². The molecule has 2 aliphatic heterocycles. The van der Waals surface area contributed by atoms with E-state index in [-0.39, 0.29) is 0 Å². The summed E-state index contributed by atoms with van der Waals surface area (Å²) in [7, 11) is -4.64. The Balaban J connectivity index is 0.000000323. The number of phosphoric acid groups is 1. The lowest BCUT2D eigenvalue weighted by Crippen LogP contribution is -2.00. The maximum Gasteiger partial charge on any atom is 0.466 e. The van der Waals surface area contributed by atoms with Gasteiger partial charge in [-0.3, -0.25) is 0 Å². The van der Waals surface area contributed by atoms with Crippen molar-refractivity contribution in [2.75, 3.05) is 0 Å². The Morgan fingerprint density at radius 3 is 2.22 bits per heavy atom. The first-order valence-corrected chi connectivity index (χ1v) is 10.9. The summed E-state index contributed by atoms with van der Waals surface area (Å²) in [5.74, 6) is 0. The molecule has 0 radical (unpaired) electrons. The second-order valence-corrected chi connectivity index (χ2v) is 8.54. The standard InChI is InChI=1S/C18H8Br2N2.H3O4P/c19-11-6-8-13-15(17(11)20)16-14(21-13)7-5-10-9-3-1-2-4-12(9)22-18(10)16;1-5(2,3)4/h1-8H;(H3,1,2,3,4). The van der Waals surface area contributed by atoms with Crippen molar-refractivity contribution in [2.45, 2.75) is 0 Å². The minimum Gasteiger partial charge on any atom is -0.303 e. The first kappa shape index (κ1) is 18.7. The van der Waals surface area contributed by atoms with E-state index in [4.69, 9.17) is 29.2 Å². The number of halogens is 2. The van der Waals surface area contributed by atoms with E-state index in [1.54, 1.807) is 0 Å². The SMILES string of the molecule is Brc1ccc2c(c1Br)-c1c3c(ccc1=N2)=c1ccccc1=N3.O=P(O)(O)O. The van der Waals surface area contributed by atoms with E-state index in [1.165, 1.54) is 10.4 Å². The summed E-state index contributed by atoms with van der Waals surface area (Å²) in [4.78, 5) is 31.2. The van der Waals surface area contributed by atoms with Gasteiger partial charge in [-0.25, -0.2) is 14.5 Å². The van der Waals surface area contributed by atoms with Crippen LogP contribution < -0.4 is 10.7 Å². The molecule has 0 atom stereocenters. The Hall–Kier alpha value is -1.67. The number of hydrogen-bond acceptors (Lipinski definition) is 3. The largest absolute Gasteiger partial charge is 0.466 e. The van der Waals surface area contributed by atoms with Crippen molar-refractivity contribution in [2.24, 2.45) is 9.98 Å². The minimum atomic E-state index is -4.64. The Labute approximate surface area is 169 Å². The lowest BCUT2D eigenvalue weighted by atomic mass is 10.0. The Morgan fingerprint density at radius 1 is 0.778 bits per heavy atom. The number of fused-ring (bicyclic) bond motifs is 6. The summed E-state index contributed by atoms with van der Waals surface area (Å²) < 4.78 is 10.9. The maximum atomic E-state index is 8.88. The molecule has 6 nitrogen and oxygen atoms in total. The van der Waals surface area contributed by atoms with Crippen molar-refractivity contribution in [1.29, 1.82) is 0 Å². The molecule has 27 heavy (non-hydrogen) atoms. The van der Waals surface area contributed by atoms with Crippen LogP contribution in [0.25, 0.3) is 11.1 Å². The van der Waals surface area contributed by atoms with E-state index in [0.717, 1.165) is 42.2 Å². The fraction of sp³-hybridized carbons (Fsp3) is 0. The van der Waals surface area contributed by atoms with Gasteiger partial charge in [-0.05, 0) is 62.2 Å². The van der Waals surface area contributed by atoms with E-state index in [0.29, 0.717) is 0 Å². The van der Waals surface area contributed by atoms with Gasteiger partial charge in [0.15, 0.2) is 0 Å². The van der Waals surface area contributed by atoms with Crippen LogP contribution >= 0.6 is 39.7 Å². The van der Waals surface area contributed by atoms with Gasteiger partial charge in [0.25, 0.3) is 0 Å². The molecule has 2 heterocycles. The van der Waals surface area contributed by atoms with Crippen molar-refractivity contribution in [3.8, 4) is 11.1 Å². The third-order valence-corrected chi connectivity index (χ3v) is 6.16. The summed E-state index contributed by atoms with van der Waals surface area (Å²) >= 11 is 7.29. The molecular weight excluding hydrogens is 499 g/mol. The summed E-state index contributed by atoms with van der Waals surface area (Å²) in [5.41, 5.74) is 4.26. The zero-order chi connectivity index (χ0) is 19.3. The molecule has 0 unspecified atom stereocenters. The zero-order valence-electron chi connectivity index (χ0n) is 13.5. The van der Waals surface area contributed by atoms with Crippen LogP contribution in [-0.2, 0) is 4.57 Å². The Kier molecular flexibility index (Phi) is 4.66. The molecule has 9 heteroatoms. The van der Waals surface area contributed by atoms with Gasteiger partial charge in [0, 0.05) is 30.5 Å². The Morgan fingerprint density at radius 2 is 1.48 bits per heavy atom. The van der Waals surface area contributed by atoms with E-state index >= 15 is 0 Å². The van der Waals surface area contributed by atoms with Gasteiger partial charge in [0.05, 0.1) is 22.1 Å². The van der Waals surface area contributed by atoms with E-state index < -0.39 is 7.82 Å². The van der Waals surface area contributed by atoms with Gasteiger partial charge in [-0.15, -0.1) is 0 Å². The molecule has 0 aromatic heterocycles. The number of nitrogens with zero attached hydrogens (tertiary/aromatic N) is 2. The minimum absolute atomic E-state index is 0.990. The first-order chi connectivity index (χ1) is 12.7. The zero-order valence-corrected chi connectivity index (χ0v) is 17.5.